The summed E-state index contributed by atoms with van der Waals surface area (Å²) in [5.74, 6) is 1.02. The fourth-order valence-electron chi connectivity index (χ4n) is 3.19. The zero-order chi connectivity index (χ0) is 11.9. The van der Waals surface area contributed by atoms with E-state index in [9.17, 15) is 8.42 Å². The molecule has 3 rings (SSSR count). The van der Waals surface area contributed by atoms with Gasteiger partial charge < -0.3 is 5.32 Å². The molecule has 0 aromatic carbocycles. The van der Waals surface area contributed by atoms with Crippen molar-refractivity contribution in [2.24, 2.45) is 5.92 Å². The molecule has 0 aromatic rings. The molecule has 6 heteroatoms. The van der Waals surface area contributed by atoms with Gasteiger partial charge in [0.25, 0.3) is 0 Å². The fraction of sp³-hybridized carbons (Fsp3) is 1.00. The summed E-state index contributed by atoms with van der Waals surface area (Å²) in [6.45, 7) is 0. The molecule has 0 amide bonds. The fourth-order valence-corrected chi connectivity index (χ4v) is 4.66. The van der Waals surface area contributed by atoms with Crippen LogP contribution in [0.2, 0.25) is 0 Å². The monoisotopic (exact) mass is 294 g/mol. The molecule has 2 atom stereocenters. The van der Waals surface area contributed by atoms with Gasteiger partial charge >= 0.3 is 0 Å². The minimum atomic E-state index is -3.03. The standard InChI is InChI=1S/C12H22N2O2S.ClH/c15-17(16,6-5-9-1-2-9)14-12-7-10-3-4-11(8-12)13-10;/h9-14H,1-8H2;1H. The first-order chi connectivity index (χ1) is 8.11. The summed E-state index contributed by atoms with van der Waals surface area (Å²) >= 11 is 0. The summed E-state index contributed by atoms with van der Waals surface area (Å²) in [4.78, 5) is 0. The second-order valence-corrected chi connectivity index (χ2v) is 7.85. The van der Waals surface area contributed by atoms with E-state index >= 15 is 0 Å². The van der Waals surface area contributed by atoms with Crippen molar-refractivity contribution in [2.75, 3.05) is 5.75 Å². The summed E-state index contributed by atoms with van der Waals surface area (Å²) in [5.41, 5.74) is 0. The van der Waals surface area contributed by atoms with Crippen molar-refractivity contribution < 1.29 is 8.42 Å². The predicted molar refractivity (Wildman–Crippen MR) is 74.5 cm³/mol. The van der Waals surface area contributed by atoms with E-state index in [0.29, 0.717) is 23.8 Å². The van der Waals surface area contributed by atoms with Crippen LogP contribution in [0.3, 0.4) is 0 Å². The van der Waals surface area contributed by atoms with Crippen molar-refractivity contribution in [1.82, 2.24) is 10.0 Å². The molecule has 2 unspecified atom stereocenters. The predicted octanol–water partition coefficient (Wildman–Crippen LogP) is 1.41. The lowest BCUT2D eigenvalue weighted by molar-refractivity contribution is 0.345. The number of nitrogens with one attached hydrogen (secondary N) is 2. The molecule has 18 heavy (non-hydrogen) atoms. The van der Waals surface area contributed by atoms with Gasteiger partial charge in [0.2, 0.25) is 10.0 Å². The van der Waals surface area contributed by atoms with Crippen LogP contribution in [-0.4, -0.2) is 32.3 Å². The first-order valence-electron chi connectivity index (χ1n) is 6.87. The molecular weight excluding hydrogens is 272 g/mol. The Morgan fingerprint density at radius 1 is 1.06 bits per heavy atom. The maximum Gasteiger partial charge on any atom is 0.211 e. The summed E-state index contributed by atoms with van der Waals surface area (Å²) in [6.07, 6.45) is 7.68. The van der Waals surface area contributed by atoms with Crippen molar-refractivity contribution in [3.8, 4) is 0 Å². The number of fused-ring (bicyclic) bond motifs is 2. The Morgan fingerprint density at radius 2 is 1.67 bits per heavy atom. The lowest BCUT2D eigenvalue weighted by Gasteiger charge is -2.29. The molecular formula is C12H23ClN2O2S. The van der Waals surface area contributed by atoms with Crippen LogP contribution < -0.4 is 10.0 Å². The molecule has 3 aliphatic rings. The van der Waals surface area contributed by atoms with E-state index in [1.54, 1.807) is 0 Å². The van der Waals surface area contributed by atoms with Gasteiger partial charge in [0.15, 0.2) is 0 Å². The Morgan fingerprint density at radius 3 is 2.22 bits per heavy atom. The molecule has 0 aromatic heterocycles. The molecule has 106 valence electrons. The molecule has 0 radical (unpaired) electrons. The third-order valence-electron chi connectivity index (χ3n) is 4.31. The highest BCUT2D eigenvalue weighted by Gasteiger charge is 2.35. The summed E-state index contributed by atoms with van der Waals surface area (Å²) in [5, 5.41) is 3.53. The van der Waals surface area contributed by atoms with Crippen molar-refractivity contribution in [1.29, 1.82) is 0 Å². The molecule has 2 heterocycles. The first-order valence-corrected chi connectivity index (χ1v) is 8.52. The molecule has 2 aliphatic heterocycles. The second kappa shape index (κ2) is 5.65. The Hall–Kier alpha value is 0.160. The van der Waals surface area contributed by atoms with Gasteiger partial charge in [-0.3, -0.25) is 0 Å². The maximum absolute atomic E-state index is 11.9. The Kier molecular flexibility index (Phi) is 4.57. The number of piperidine rings is 1. The van der Waals surface area contributed by atoms with E-state index in [4.69, 9.17) is 0 Å². The van der Waals surface area contributed by atoms with Crippen molar-refractivity contribution in [3.63, 3.8) is 0 Å². The van der Waals surface area contributed by atoms with Gasteiger partial charge in [0.1, 0.15) is 0 Å². The summed E-state index contributed by atoms with van der Waals surface area (Å²) in [6, 6.07) is 1.27. The topological polar surface area (TPSA) is 58.2 Å². The normalized spacial score (nSPS) is 35.2. The molecule has 1 aliphatic carbocycles. The van der Waals surface area contributed by atoms with Crippen molar-refractivity contribution in [2.45, 2.75) is 63.1 Å². The third kappa shape index (κ3) is 3.83. The van der Waals surface area contributed by atoms with Crippen LogP contribution in [0.1, 0.15) is 44.9 Å². The van der Waals surface area contributed by atoms with Crippen LogP contribution in [0.15, 0.2) is 0 Å². The second-order valence-electron chi connectivity index (χ2n) is 5.97. The van der Waals surface area contributed by atoms with Crippen LogP contribution in [-0.2, 0) is 10.0 Å². The highest BCUT2D eigenvalue weighted by atomic mass is 35.5. The largest absolute Gasteiger partial charge is 0.311 e. The van der Waals surface area contributed by atoms with Gasteiger partial charge in [0, 0.05) is 18.1 Å². The number of sulfonamides is 1. The van der Waals surface area contributed by atoms with E-state index < -0.39 is 10.0 Å². The number of halogens is 1. The lowest BCUT2D eigenvalue weighted by Crippen LogP contribution is -2.48. The molecule has 0 spiro atoms. The van der Waals surface area contributed by atoms with Crippen LogP contribution in [0.4, 0.5) is 0 Å². The molecule has 2 saturated heterocycles. The van der Waals surface area contributed by atoms with E-state index in [0.717, 1.165) is 19.3 Å². The average molecular weight is 295 g/mol. The quantitative estimate of drug-likeness (QED) is 0.806. The van der Waals surface area contributed by atoms with E-state index in [1.807, 2.05) is 0 Å². The van der Waals surface area contributed by atoms with Gasteiger partial charge in [-0.05, 0) is 38.0 Å². The van der Waals surface area contributed by atoms with Crippen LogP contribution in [0, 0.1) is 5.92 Å². The minimum Gasteiger partial charge on any atom is -0.311 e. The highest BCUT2D eigenvalue weighted by molar-refractivity contribution is 7.89. The van der Waals surface area contributed by atoms with E-state index in [1.165, 1.54) is 25.7 Å². The summed E-state index contributed by atoms with van der Waals surface area (Å²) < 4.78 is 26.8. The van der Waals surface area contributed by atoms with Gasteiger partial charge in [-0.1, -0.05) is 12.8 Å². The Balaban J connectivity index is 0.00000120. The number of hydrogen-bond acceptors (Lipinski definition) is 3. The van der Waals surface area contributed by atoms with E-state index in [2.05, 4.69) is 10.0 Å². The number of hydrogen-bond donors (Lipinski definition) is 2. The zero-order valence-corrected chi connectivity index (χ0v) is 12.2. The first kappa shape index (κ1) is 14.6. The van der Waals surface area contributed by atoms with Crippen LogP contribution >= 0.6 is 12.4 Å². The highest BCUT2D eigenvalue weighted by Crippen LogP contribution is 2.32. The molecule has 3 fully saturated rings. The summed E-state index contributed by atoms with van der Waals surface area (Å²) in [7, 11) is -3.03. The molecule has 2 bridgehead atoms. The van der Waals surface area contributed by atoms with Gasteiger partial charge in [-0.2, -0.15) is 0 Å². The molecule has 4 nitrogen and oxygen atoms in total. The smallest absolute Gasteiger partial charge is 0.211 e. The van der Waals surface area contributed by atoms with Crippen LogP contribution in [0.5, 0.6) is 0 Å². The minimum absolute atomic E-state index is 0. The molecule has 1 saturated carbocycles. The third-order valence-corrected chi connectivity index (χ3v) is 5.78. The Labute approximate surface area is 116 Å². The van der Waals surface area contributed by atoms with Crippen molar-refractivity contribution in [3.05, 3.63) is 0 Å². The Bertz CT molecular complexity index is 372. The SMILES string of the molecule is Cl.O=S(=O)(CCC1CC1)NC1CC2CCC(C1)N2. The molecule has 2 N–H and O–H groups in total. The zero-order valence-electron chi connectivity index (χ0n) is 10.6. The van der Waals surface area contributed by atoms with Gasteiger partial charge in [-0.25, -0.2) is 13.1 Å². The maximum atomic E-state index is 11.9. The average Bonchev–Trinajstić information content (AvgIpc) is 3.02. The van der Waals surface area contributed by atoms with Gasteiger partial charge in [-0.15, -0.1) is 12.4 Å². The number of rotatable bonds is 5. The van der Waals surface area contributed by atoms with Crippen LogP contribution in [0.25, 0.3) is 0 Å². The van der Waals surface area contributed by atoms with E-state index in [-0.39, 0.29) is 18.4 Å². The van der Waals surface area contributed by atoms with Crippen molar-refractivity contribution >= 4 is 22.4 Å². The van der Waals surface area contributed by atoms with Gasteiger partial charge in [0.05, 0.1) is 5.75 Å². The lowest BCUT2D eigenvalue weighted by atomic mass is 10.0.